The van der Waals surface area contributed by atoms with Crippen LogP contribution >= 0.6 is 0 Å². The van der Waals surface area contributed by atoms with E-state index in [-0.39, 0.29) is 12.2 Å². The Kier molecular flexibility index (Phi) is 4.40. The van der Waals surface area contributed by atoms with Crippen LogP contribution in [0.5, 0.6) is 0 Å². The molecule has 100 valence electrons. The normalized spacial score (nSPS) is 13.2. The van der Waals surface area contributed by atoms with Gasteiger partial charge in [-0.15, -0.1) is 0 Å². The van der Waals surface area contributed by atoms with Crippen molar-refractivity contribution in [2.45, 2.75) is 26.9 Å². The molecule has 0 saturated heterocycles. The molecule has 0 amide bonds. The molecule has 0 spiro atoms. The van der Waals surface area contributed by atoms with E-state index in [1.54, 1.807) is 6.92 Å². The maximum absolute atomic E-state index is 13.1. The highest BCUT2D eigenvalue weighted by Crippen LogP contribution is 2.35. The van der Waals surface area contributed by atoms with E-state index in [2.05, 4.69) is 0 Å². The molecule has 0 aromatic heterocycles. The van der Waals surface area contributed by atoms with Crippen molar-refractivity contribution in [1.82, 2.24) is 0 Å². The highest BCUT2D eigenvalue weighted by molar-refractivity contribution is 5.77. The van der Waals surface area contributed by atoms with E-state index in [1.165, 1.54) is 13.8 Å². The third-order valence-electron chi connectivity index (χ3n) is 2.69. The van der Waals surface area contributed by atoms with Gasteiger partial charge in [0.05, 0.1) is 18.1 Å². The maximum atomic E-state index is 13.1. The molecule has 0 fully saturated rings. The van der Waals surface area contributed by atoms with Crippen molar-refractivity contribution in [2.24, 2.45) is 5.41 Å². The highest BCUT2D eigenvalue weighted by atomic mass is 19.1. The molecule has 0 radical (unpaired) electrons. The SMILES string of the molecule is CCOC(=O)C(C)(C)C(O)c1cc(F)cc(F)c1. The molecule has 0 heterocycles. The lowest BCUT2D eigenvalue weighted by atomic mass is 9.82. The molecule has 1 aromatic carbocycles. The Morgan fingerprint density at radius 1 is 1.33 bits per heavy atom. The highest BCUT2D eigenvalue weighted by Gasteiger charge is 2.38. The number of aliphatic hydroxyl groups is 1. The van der Waals surface area contributed by atoms with Crippen molar-refractivity contribution < 1.29 is 23.4 Å². The van der Waals surface area contributed by atoms with Gasteiger partial charge in [-0.1, -0.05) is 0 Å². The first-order chi connectivity index (χ1) is 8.28. The Bertz CT molecular complexity index is 424. The second-order valence-electron chi connectivity index (χ2n) is 4.55. The molecule has 1 unspecified atom stereocenters. The number of hydrogen-bond acceptors (Lipinski definition) is 3. The molecule has 0 aliphatic carbocycles. The van der Waals surface area contributed by atoms with Crippen LogP contribution in [0.4, 0.5) is 8.78 Å². The lowest BCUT2D eigenvalue weighted by molar-refractivity contribution is -0.160. The van der Waals surface area contributed by atoms with Gasteiger partial charge in [0, 0.05) is 6.07 Å². The lowest BCUT2D eigenvalue weighted by Gasteiger charge is -2.28. The number of ether oxygens (including phenoxy) is 1. The predicted molar refractivity (Wildman–Crippen MR) is 61.7 cm³/mol. The van der Waals surface area contributed by atoms with E-state index in [9.17, 15) is 18.7 Å². The summed E-state index contributed by atoms with van der Waals surface area (Å²) in [7, 11) is 0. The zero-order valence-electron chi connectivity index (χ0n) is 10.5. The largest absolute Gasteiger partial charge is 0.465 e. The zero-order chi connectivity index (χ0) is 13.9. The number of benzene rings is 1. The number of esters is 1. The summed E-state index contributed by atoms with van der Waals surface area (Å²) in [4.78, 5) is 11.7. The van der Waals surface area contributed by atoms with Crippen LogP contribution in [0.2, 0.25) is 0 Å². The summed E-state index contributed by atoms with van der Waals surface area (Å²) in [6, 6.07) is 2.69. The van der Waals surface area contributed by atoms with Crippen molar-refractivity contribution in [3.8, 4) is 0 Å². The van der Waals surface area contributed by atoms with Crippen molar-refractivity contribution >= 4 is 5.97 Å². The fraction of sp³-hybridized carbons (Fsp3) is 0.462. The van der Waals surface area contributed by atoms with Crippen LogP contribution in [0.3, 0.4) is 0 Å². The Hall–Kier alpha value is -1.49. The second-order valence-corrected chi connectivity index (χ2v) is 4.55. The first kappa shape index (κ1) is 14.6. The minimum atomic E-state index is -1.35. The van der Waals surface area contributed by atoms with Gasteiger partial charge >= 0.3 is 5.97 Å². The van der Waals surface area contributed by atoms with Crippen molar-refractivity contribution in [3.05, 3.63) is 35.4 Å². The third kappa shape index (κ3) is 3.04. The third-order valence-corrected chi connectivity index (χ3v) is 2.69. The van der Waals surface area contributed by atoms with Crippen LogP contribution in [0, 0.1) is 17.0 Å². The summed E-state index contributed by atoms with van der Waals surface area (Å²) in [6.07, 6.45) is -1.35. The summed E-state index contributed by atoms with van der Waals surface area (Å²) in [5.74, 6) is -2.23. The summed E-state index contributed by atoms with van der Waals surface area (Å²) in [6.45, 7) is 4.73. The van der Waals surface area contributed by atoms with Crippen molar-refractivity contribution in [1.29, 1.82) is 0 Å². The average Bonchev–Trinajstić information content (AvgIpc) is 2.26. The number of carbonyl (C=O) groups excluding carboxylic acids is 1. The van der Waals surface area contributed by atoms with Crippen LogP contribution in [-0.4, -0.2) is 17.7 Å². The van der Waals surface area contributed by atoms with Gasteiger partial charge in [-0.25, -0.2) is 8.78 Å². The lowest BCUT2D eigenvalue weighted by Crippen LogP contribution is -2.33. The molecule has 0 bridgehead atoms. The maximum Gasteiger partial charge on any atom is 0.314 e. The molecule has 0 aliphatic rings. The Morgan fingerprint density at radius 3 is 2.28 bits per heavy atom. The van der Waals surface area contributed by atoms with Gasteiger partial charge in [0.25, 0.3) is 0 Å². The molecule has 5 heteroatoms. The van der Waals surface area contributed by atoms with Crippen LogP contribution < -0.4 is 0 Å². The summed E-state index contributed by atoms with van der Waals surface area (Å²) < 4.78 is 30.9. The van der Waals surface area contributed by atoms with E-state index >= 15 is 0 Å². The topological polar surface area (TPSA) is 46.5 Å². The van der Waals surface area contributed by atoms with E-state index in [4.69, 9.17) is 4.74 Å². The first-order valence-electron chi connectivity index (χ1n) is 5.60. The second kappa shape index (κ2) is 5.44. The molecule has 1 atom stereocenters. The number of carbonyl (C=O) groups is 1. The van der Waals surface area contributed by atoms with E-state index in [0.29, 0.717) is 6.07 Å². The zero-order valence-corrected chi connectivity index (χ0v) is 10.5. The monoisotopic (exact) mass is 258 g/mol. The van der Waals surface area contributed by atoms with E-state index < -0.39 is 29.1 Å². The molecular weight excluding hydrogens is 242 g/mol. The molecule has 1 rings (SSSR count). The number of halogens is 2. The van der Waals surface area contributed by atoms with Gasteiger partial charge in [-0.05, 0) is 38.5 Å². The van der Waals surface area contributed by atoms with Crippen LogP contribution in [0.15, 0.2) is 18.2 Å². The summed E-state index contributed by atoms with van der Waals surface area (Å²) >= 11 is 0. The smallest absolute Gasteiger partial charge is 0.314 e. The number of rotatable bonds is 4. The Balaban J connectivity index is 3.04. The Labute approximate surface area is 104 Å². The summed E-state index contributed by atoms with van der Waals surface area (Å²) in [5, 5.41) is 10.1. The first-order valence-corrected chi connectivity index (χ1v) is 5.60. The van der Waals surface area contributed by atoms with E-state index in [1.807, 2.05) is 0 Å². The fourth-order valence-corrected chi connectivity index (χ4v) is 1.58. The molecule has 3 nitrogen and oxygen atoms in total. The van der Waals surface area contributed by atoms with Crippen molar-refractivity contribution in [3.63, 3.8) is 0 Å². The Morgan fingerprint density at radius 2 is 1.83 bits per heavy atom. The standard InChI is InChI=1S/C13H16F2O3/c1-4-18-12(17)13(2,3)11(16)8-5-9(14)7-10(15)6-8/h5-7,11,16H,4H2,1-3H3. The molecular formula is C13H16F2O3. The summed E-state index contributed by atoms with van der Waals surface area (Å²) in [5.41, 5.74) is -1.28. The number of aliphatic hydroxyl groups excluding tert-OH is 1. The molecule has 0 saturated carbocycles. The number of hydrogen-bond donors (Lipinski definition) is 1. The molecule has 1 aromatic rings. The minimum absolute atomic E-state index is 0.00514. The molecule has 1 N–H and O–H groups in total. The molecule has 18 heavy (non-hydrogen) atoms. The van der Waals surface area contributed by atoms with Gasteiger partial charge in [0.1, 0.15) is 11.6 Å². The fourth-order valence-electron chi connectivity index (χ4n) is 1.58. The van der Waals surface area contributed by atoms with Crippen LogP contribution in [-0.2, 0) is 9.53 Å². The van der Waals surface area contributed by atoms with Gasteiger partial charge < -0.3 is 9.84 Å². The van der Waals surface area contributed by atoms with Gasteiger partial charge in [0.2, 0.25) is 0 Å². The van der Waals surface area contributed by atoms with E-state index in [0.717, 1.165) is 12.1 Å². The quantitative estimate of drug-likeness (QED) is 0.844. The van der Waals surface area contributed by atoms with Gasteiger partial charge in [-0.2, -0.15) is 0 Å². The van der Waals surface area contributed by atoms with Crippen LogP contribution in [0.25, 0.3) is 0 Å². The van der Waals surface area contributed by atoms with Crippen LogP contribution in [0.1, 0.15) is 32.4 Å². The van der Waals surface area contributed by atoms with Gasteiger partial charge in [-0.3, -0.25) is 4.79 Å². The predicted octanol–water partition coefficient (Wildman–Crippen LogP) is 2.59. The average molecular weight is 258 g/mol. The minimum Gasteiger partial charge on any atom is -0.465 e. The van der Waals surface area contributed by atoms with Gasteiger partial charge in [0.15, 0.2) is 0 Å². The molecule has 0 aliphatic heterocycles. The van der Waals surface area contributed by atoms with Crippen molar-refractivity contribution in [2.75, 3.05) is 6.61 Å².